The van der Waals surface area contributed by atoms with Crippen molar-refractivity contribution >= 4 is 5.91 Å². The molecule has 0 aliphatic carbocycles. The predicted molar refractivity (Wildman–Crippen MR) is 41.5 cm³/mol. The Morgan fingerprint density at radius 1 is 1.60 bits per heavy atom. The molecule has 0 heterocycles. The second-order valence-electron chi connectivity index (χ2n) is 2.83. The first kappa shape index (κ1) is 9.43. The highest BCUT2D eigenvalue weighted by atomic mass is 16.1. The number of nitrogens with two attached hydrogens (primary N) is 1. The van der Waals surface area contributed by atoms with Crippen LogP contribution < -0.4 is 11.1 Å². The van der Waals surface area contributed by atoms with Crippen molar-refractivity contribution in [3.8, 4) is 0 Å². The summed E-state index contributed by atoms with van der Waals surface area (Å²) in [7, 11) is 0. The van der Waals surface area contributed by atoms with Crippen LogP contribution in [-0.2, 0) is 4.79 Å². The molecular weight excluding hydrogens is 128 g/mol. The van der Waals surface area contributed by atoms with Crippen molar-refractivity contribution < 1.29 is 4.79 Å². The Kier molecular flexibility index (Phi) is 4.94. The van der Waals surface area contributed by atoms with Gasteiger partial charge in [-0.2, -0.15) is 0 Å². The average molecular weight is 144 g/mol. The van der Waals surface area contributed by atoms with E-state index in [-0.39, 0.29) is 5.91 Å². The molecule has 1 amide bonds. The van der Waals surface area contributed by atoms with Gasteiger partial charge in [-0.05, 0) is 18.9 Å². The van der Waals surface area contributed by atoms with Gasteiger partial charge in [0.1, 0.15) is 0 Å². The van der Waals surface area contributed by atoms with E-state index in [9.17, 15) is 4.79 Å². The Morgan fingerprint density at radius 3 is 2.60 bits per heavy atom. The summed E-state index contributed by atoms with van der Waals surface area (Å²) >= 11 is 0. The van der Waals surface area contributed by atoms with Crippen LogP contribution in [0.15, 0.2) is 0 Å². The predicted octanol–water partition coefficient (Wildman–Crippen LogP) is 0.107. The maximum absolute atomic E-state index is 10.2. The zero-order chi connectivity index (χ0) is 7.98. The minimum absolute atomic E-state index is 0.288. The highest BCUT2D eigenvalue weighted by molar-refractivity contribution is 5.75. The van der Waals surface area contributed by atoms with Gasteiger partial charge in [-0.1, -0.05) is 13.8 Å². The number of amides is 1. The highest BCUT2D eigenvalue weighted by Gasteiger charge is 1.94. The zero-order valence-corrected chi connectivity index (χ0v) is 6.68. The van der Waals surface area contributed by atoms with E-state index in [2.05, 4.69) is 19.2 Å². The van der Waals surface area contributed by atoms with Gasteiger partial charge in [0.25, 0.3) is 0 Å². The summed E-state index contributed by atoms with van der Waals surface area (Å²) in [4.78, 5) is 10.2. The fourth-order valence-electron chi connectivity index (χ4n) is 0.602. The van der Waals surface area contributed by atoms with Crippen LogP contribution in [0, 0.1) is 5.92 Å². The first-order valence-electron chi connectivity index (χ1n) is 3.62. The van der Waals surface area contributed by atoms with Crippen molar-refractivity contribution in [1.82, 2.24) is 5.32 Å². The average Bonchev–Trinajstić information content (AvgIpc) is 1.79. The number of nitrogens with one attached hydrogen (secondary N) is 1. The van der Waals surface area contributed by atoms with Gasteiger partial charge in [0.05, 0.1) is 6.54 Å². The molecule has 0 bridgehead atoms. The number of primary amides is 1. The van der Waals surface area contributed by atoms with Gasteiger partial charge in [0.2, 0.25) is 5.91 Å². The molecule has 60 valence electrons. The molecule has 0 aromatic carbocycles. The second-order valence-corrected chi connectivity index (χ2v) is 2.83. The SMILES string of the molecule is CC(C)CCNCC(N)=O. The number of hydrogen-bond donors (Lipinski definition) is 2. The van der Waals surface area contributed by atoms with E-state index >= 15 is 0 Å². The van der Waals surface area contributed by atoms with E-state index in [1.807, 2.05) is 0 Å². The number of hydrogen-bond acceptors (Lipinski definition) is 2. The molecule has 0 aromatic rings. The van der Waals surface area contributed by atoms with Crippen molar-refractivity contribution in [2.75, 3.05) is 13.1 Å². The second kappa shape index (κ2) is 5.23. The fraction of sp³-hybridized carbons (Fsp3) is 0.857. The van der Waals surface area contributed by atoms with E-state index in [0.717, 1.165) is 13.0 Å². The zero-order valence-electron chi connectivity index (χ0n) is 6.68. The van der Waals surface area contributed by atoms with Crippen LogP contribution in [0.5, 0.6) is 0 Å². The molecule has 3 N–H and O–H groups in total. The largest absolute Gasteiger partial charge is 0.369 e. The molecule has 0 aromatic heterocycles. The Labute approximate surface area is 62.0 Å². The molecule has 0 atom stereocenters. The Balaban J connectivity index is 2.98. The van der Waals surface area contributed by atoms with E-state index < -0.39 is 0 Å². The lowest BCUT2D eigenvalue weighted by molar-refractivity contribution is -0.117. The van der Waals surface area contributed by atoms with Crippen molar-refractivity contribution in [1.29, 1.82) is 0 Å². The van der Waals surface area contributed by atoms with E-state index in [4.69, 9.17) is 5.73 Å². The third-order valence-electron chi connectivity index (χ3n) is 1.20. The van der Waals surface area contributed by atoms with Gasteiger partial charge in [0, 0.05) is 0 Å². The Hall–Kier alpha value is -0.570. The van der Waals surface area contributed by atoms with Gasteiger partial charge < -0.3 is 11.1 Å². The number of carbonyl (C=O) groups excluding carboxylic acids is 1. The molecule has 0 aliphatic heterocycles. The van der Waals surface area contributed by atoms with Gasteiger partial charge in [-0.15, -0.1) is 0 Å². The Bertz CT molecular complexity index is 102. The van der Waals surface area contributed by atoms with Gasteiger partial charge >= 0.3 is 0 Å². The van der Waals surface area contributed by atoms with Crippen LogP contribution >= 0.6 is 0 Å². The maximum atomic E-state index is 10.2. The van der Waals surface area contributed by atoms with Crippen LogP contribution in [0.2, 0.25) is 0 Å². The maximum Gasteiger partial charge on any atom is 0.231 e. The minimum Gasteiger partial charge on any atom is -0.369 e. The van der Waals surface area contributed by atoms with E-state index in [1.54, 1.807) is 0 Å². The molecule has 0 rings (SSSR count). The molecule has 0 aliphatic rings. The molecule has 0 radical (unpaired) electrons. The summed E-state index contributed by atoms with van der Waals surface area (Å²) in [6.45, 7) is 5.46. The number of carbonyl (C=O) groups is 1. The lowest BCUT2D eigenvalue weighted by Crippen LogP contribution is -2.29. The minimum atomic E-state index is -0.288. The molecular formula is C7H16N2O. The molecule has 3 heteroatoms. The topological polar surface area (TPSA) is 55.1 Å². The molecule has 0 unspecified atom stereocenters. The summed E-state index contributed by atoms with van der Waals surface area (Å²) in [6, 6.07) is 0. The molecule has 0 saturated heterocycles. The molecule has 3 nitrogen and oxygen atoms in total. The van der Waals surface area contributed by atoms with Crippen molar-refractivity contribution in [3.63, 3.8) is 0 Å². The van der Waals surface area contributed by atoms with Crippen LogP contribution in [0.3, 0.4) is 0 Å². The molecule has 0 spiro atoms. The third-order valence-corrected chi connectivity index (χ3v) is 1.20. The lowest BCUT2D eigenvalue weighted by Gasteiger charge is -2.03. The van der Waals surface area contributed by atoms with E-state index in [1.165, 1.54) is 0 Å². The summed E-state index contributed by atoms with van der Waals surface area (Å²) in [5, 5.41) is 2.94. The number of rotatable bonds is 5. The summed E-state index contributed by atoms with van der Waals surface area (Å²) in [5.41, 5.74) is 4.91. The molecule has 10 heavy (non-hydrogen) atoms. The third kappa shape index (κ3) is 7.43. The lowest BCUT2D eigenvalue weighted by atomic mass is 10.1. The van der Waals surface area contributed by atoms with Crippen LogP contribution in [-0.4, -0.2) is 19.0 Å². The van der Waals surface area contributed by atoms with Crippen LogP contribution in [0.1, 0.15) is 20.3 Å². The summed E-state index contributed by atoms with van der Waals surface area (Å²) < 4.78 is 0. The monoisotopic (exact) mass is 144 g/mol. The van der Waals surface area contributed by atoms with Crippen molar-refractivity contribution in [2.24, 2.45) is 11.7 Å². The first-order chi connectivity index (χ1) is 4.63. The molecule has 0 saturated carbocycles. The van der Waals surface area contributed by atoms with Crippen LogP contribution in [0.25, 0.3) is 0 Å². The van der Waals surface area contributed by atoms with Crippen molar-refractivity contribution in [2.45, 2.75) is 20.3 Å². The quantitative estimate of drug-likeness (QED) is 0.538. The standard InChI is InChI=1S/C7H16N2O/c1-6(2)3-4-9-5-7(8)10/h6,9H,3-5H2,1-2H3,(H2,8,10). The van der Waals surface area contributed by atoms with Gasteiger partial charge in [-0.3, -0.25) is 4.79 Å². The van der Waals surface area contributed by atoms with Gasteiger partial charge in [0.15, 0.2) is 0 Å². The Morgan fingerprint density at radius 2 is 2.20 bits per heavy atom. The highest BCUT2D eigenvalue weighted by Crippen LogP contribution is 1.95. The van der Waals surface area contributed by atoms with Crippen molar-refractivity contribution in [3.05, 3.63) is 0 Å². The van der Waals surface area contributed by atoms with E-state index in [0.29, 0.717) is 12.5 Å². The van der Waals surface area contributed by atoms with Gasteiger partial charge in [-0.25, -0.2) is 0 Å². The fourth-order valence-corrected chi connectivity index (χ4v) is 0.602. The van der Waals surface area contributed by atoms with Crippen LogP contribution in [0.4, 0.5) is 0 Å². The molecule has 0 fully saturated rings. The normalized spacial score (nSPS) is 10.3. The smallest absolute Gasteiger partial charge is 0.231 e. The first-order valence-corrected chi connectivity index (χ1v) is 3.62. The summed E-state index contributed by atoms with van der Waals surface area (Å²) in [6.07, 6.45) is 1.09. The summed E-state index contributed by atoms with van der Waals surface area (Å²) in [5.74, 6) is 0.393.